The van der Waals surface area contributed by atoms with E-state index in [4.69, 9.17) is 0 Å². The first-order valence-corrected chi connectivity index (χ1v) is 8.16. The first-order chi connectivity index (χ1) is 7.15. The molecule has 0 spiro atoms. The fourth-order valence-electron chi connectivity index (χ4n) is 2.23. The van der Waals surface area contributed by atoms with Gasteiger partial charge in [-0.1, -0.05) is 33.6 Å². The van der Waals surface area contributed by atoms with Crippen molar-refractivity contribution in [2.45, 2.75) is 56.6 Å². The van der Waals surface area contributed by atoms with Crippen LogP contribution < -0.4 is 0 Å². The molecule has 1 heterocycles. The SMILES string of the molecule is CCCC(C)CC(O)C1SCCSC1C. The molecule has 0 aromatic heterocycles. The van der Waals surface area contributed by atoms with Gasteiger partial charge in [0.25, 0.3) is 0 Å². The summed E-state index contributed by atoms with van der Waals surface area (Å²) in [5.74, 6) is 3.13. The number of thioether (sulfide) groups is 2. The molecule has 1 N–H and O–H groups in total. The zero-order chi connectivity index (χ0) is 11.3. The van der Waals surface area contributed by atoms with Gasteiger partial charge in [-0.25, -0.2) is 0 Å². The van der Waals surface area contributed by atoms with E-state index < -0.39 is 0 Å². The molecule has 1 rings (SSSR count). The third-order valence-electron chi connectivity index (χ3n) is 3.04. The Morgan fingerprint density at radius 1 is 1.33 bits per heavy atom. The van der Waals surface area contributed by atoms with Crippen molar-refractivity contribution in [1.29, 1.82) is 0 Å². The molecule has 0 saturated carbocycles. The van der Waals surface area contributed by atoms with E-state index in [2.05, 4.69) is 20.8 Å². The Labute approximate surface area is 103 Å². The minimum absolute atomic E-state index is 0.0978. The fraction of sp³-hybridized carbons (Fsp3) is 1.00. The van der Waals surface area contributed by atoms with Crippen LogP contribution in [0.5, 0.6) is 0 Å². The quantitative estimate of drug-likeness (QED) is 0.805. The Morgan fingerprint density at radius 3 is 2.60 bits per heavy atom. The normalized spacial score (nSPS) is 31.2. The molecule has 0 amide bonds. The molecule has 1 aliphatic rings. The van der Waals surface area contributed by atoms with Gasteiger partial charge < -0.3 is 5.11 Å². The fourth-order valence-corrected chi connectivity index (χ4v) is 5.09. The van der Waals surface area contributed by atoms with E-state index in [1.54, 1.807) is 0 Å². The molecule has 4 unspecified atom stereocenters. The Balaban J connectivity index is 2.34. The van der Waals surface area contributed by atoms with Crippen LogP contribution in [-0.2, 0) is 0 Å². The highest BCUT2D eigenvalue weighted by atomic mass is 32.2. The molecule has 0 aromatic carbocycles. The number of rotatable bonds is 5. The molecule has 90 valence electrons. The van der Waals surface area contributed by atoms with Gasteiger partial charge in [-0.2, -0.15) is 23.5 Å². The van der Waals surface area contributed by atoms with Crippen LogP contribution in [0.15, 0.2) is 0 Å². The third kappa shape index (κ3) is 4.58. The summed E-state index contributed by atoms with van der Waals surface area (Å²) < 4.78 is 0. The maximum Gasteiger partial charge on any atom is 0.0671 e. The van der Waals surface area contributed by atoms with E-state index in [1.807, 2.05) is 23.5 Å². The maximum absolute atomic E-state index is 10.2. The Morgan fingerprint density at radius 2 is 2.00 bits per heavy atom. The standard InChI is InChI=1S/C12H24OS2/c1-4-5-9(2)8-11(13)12-10(3)14-6-7-15-12/h9-13H,4-8H2,1-3H3. The van der Waals surface area contributed by atoms with Crippen molar-refractivity contribution >= 4 is 23.5 Å². The van der Waals surface area contributed by atoms with Crippen LogP contribution in [0.1, 0.15) is 40.0 Å². The first-order valence-electron chi connectivity index (χ1n) is 6.06. The lowest BCUT2D eigenvalue weighted by atomic mass is 9.96. The second kappa shape index (κ2) is 7.08. The van der Waals surface area contributed by atoms with Gasteiger partial charge in [-0.3, -0.25) is 0 Å². The van der Waals surface area contributed by atoms with Gasteiger partial charge in [-0.15, -0.1) is 0 Å². The van der Waals surface area contributed by atoms with Crippen LogP contribution >= 0.6 is 23.5 Å². The van der Waals surface area contributed by atoms with Gasteiger partial charge in [0.15, 0.2) is 0 Å². The lowest BCUT2D eigenvalue weighted by Gasteiger charge is -2.32. The maximum atomic E-state index is 10.2. The van der Waals surface area contributed by atoms with Gasteiger partial charge in [0, 0.05) is 22.0 Å². The zero-order valence-electron chi connectivity index (χ0n) is 10.1. The smallest absolute Gasteiger partial charge is 0.0671 e. The average Bonchev–Trinajstić information content (AvgIpc) is 2.18. The summed E-state index contributed by atoms with van der Waals surface area (Å²) in [6.07, 6.45) is 3.36. The first kappa shape index (κ1) is 13.7. The summed E-state index contributed by atoms with van der Waals surface area (Å²) in [7, 11) is 0. The monoisotopic (exact) mass is 248 g/mol. The van der Waals surface area contributed by atoms with Crippen LogP contribution in [0.3, 0.4) is 0 Å². The summed E-state index contributed by atoms with van der Waals surface area (Å²) in [5, 5.41) is 11.3. The molecule has 0 aromatic rings. The molecular formula is C12H24OS2. The highest BCUT2D eigenvalue weighted by Crippen LogP contribution is 2.34. The predicted molar refractivity (Wildman–Crippen MR) is 72.9 cm³/mol. The molecule has 1 fully saturated rings. The molecule has 1 nitrogen and oxygen atoms in total. The highest BCUT2D eigenvalue weighted by Gasteiger charge is 2.29. The van der Waals surface area contributed by atoms with Crippen molar-refractivity contribution in [2.24, 2.45) is 5.92 Å². The molecule has 1 aliphatic heterocycles. The summed E-state index contributed by atoms with van der Waals surface area (Å²) in [6.45, 7) is 6.74. The lowest BCUT2D eigenvalue weighted by Crippen LogP contribution is -2.35. The van der Waals surface area contributed by atoms with E-state index in [-0.39, 0.29) is 6.10 Å². The van der Waals surface area contributed by atoms with E-state index in [0.717, 1.165) is 6.42 Å². The molecule has 15 heavy (non-hydrogen) atoms. The number of hydrogen-bond acceptors (Lipinski definition) is 3. The third-order valence-corrected chi connectivity index (χ3v) is 6.28. The number of aliphatic hydroxyl groups excluding tert-OH is 1. The van der Waals surface area contributed by atoms with Crippen LogP contribution in [0.25, 0.3) is 0 Å². The molecule has 1 saturated heterocycles. The van der Waals surface area contributed by atoms with Crippen LogP contribution in [0, 0.1) is 5.92 Å². The van der Waals surface area contributed by atoms with E-state index >= 15 is 0 Å². The number of hydrogen-bond donors (Lipinski definition) is 1. The Bertz CT molecular complexity index is 175. The molecular weight excluding hydrogens is 224 g/mol. The predicted octanol–water partition coefficient (Wildman–Crippen LogP) is 3.41. The van der Waals surface area contributed by atoms with Crippen molar-refractivity contribution in [2.75, 3.05) is 11.5 Å². The van der Waals surface area contributed by atoms with Crippen molar-refractivity contribution in [3.8, 4) is 0 Å². The lowest BCUT2D eigenvalue weighted by molar-refractivity contribution is 0.140. The summed E-state index contributed by atoms with van der Waals surface area (Å²) in [4.78, 5) is 0. The van der Waals surface area contributed by atoms with Crippen molar-refractivity contribution in [1.82, 2.24) is 0 Å². The molecule has 3 heteroatoms. The number of aliphatic hydroxyl groups is 1. The van der Waals surface area contributed by atoms with Gasteiger partial charge >= 0.3 is 0 Å². The van der Waals surface area contributed by atoms with Crippen molar-refractivity contribution in [3.63, 3.8) is 0 Å². The molecule has 4 atom stereocenters. The highest BCUT2D eigenvalue weighted by molar-refractivity contribution is 8.07. The summed E-state index contributed by atoms with van der Waals surface area (Å²) in [5.41, 5.74) is 0. The van der Waals surface area contributed by atoms with Gasteiger partial charge in [0.2, 0.25) is 0 Å². The zero-order valence-corrected chi connectivity index (χ0v) is 11.7. The van der Waals surface area contributed by atoms with E-state index in [9.17, 15) is 5.11 Å². The second-order valence-corrected chi connectivity index (χ2v) is 7.38. The van der Waals surface area contributed by atoms with Crippen LogP contribution in [0.4, 0.5) is 0 Å². The van der Waals surface area contributed by atoms with E-state index in [0.29, 0.717) is 16.4 Å². The largest absolute Gasteiger partial charge is 0.392 e. The average molecular weight is 248 g/mol. The molecule has 0 radical (unpaired) electrons. The Hall–Kier alpha value is 0.660. The van der Waals surface area contributed by atoms with Crippen molar-refractivity contribution in [3.05, 3.63) is 0 Å². The molecule has 0 bridgehead atoms. The van der Waals surface area contributed by atoms with Gasteiger partial charge in [0.05, 0.1) is 6.10 Å². The summed E-state index contributed by atoms with van der Waals surface area (Å²) in [6, 6.07) is 0. The van der Waals surface area contributed by atoms with Crippen molar-refractivity contribution < 1.29 is 5.11 Å². The van der Waals surface area contributed by atoms with Gasteiger partial charge in [-0.05, 0) is 12.3 Å². The van der Waals surface area contributed by atoms with E-state index in [1.165, 1.54) is 24.3 Å². The van der Waals surface area contributed by atoms with Gasteiger partial charge in [0.1, 0.15) is 0 Å². The minimum atomic E-state index is -0.0978. The minimum Gasteiger partial charge on any atom is -0.392 e. The van der Waals surface area contributed by atoms with Crippen LogP contribution in [-0.4, -0.2) is 33.2 Å². The Kier molecular flexibility index (Phi) is 6.48. The second-order valence-electron chi connectivity index (χ2n) is 4.61. The topological polar surface area (TPSA) is 20.2 Å². The molecule has 0 aliphatic carbocycles. The summed E-state index contributed by atoms with van der Waals surface area (Å²) >= 11 is 3.98. The van der Waals surface area contributed by atoms with Crippen LogP contribution in [0.2, 0.25) is 0 Å².